The molecule has 1 aliphatic rings. The summed E-state index contributed by atoms with van der Waals surface area (Å²) in [5.41, 5.74) is 4.58. The summed E-state index contributed by atoms with van der Waals surface area (Å²) in [6.45, 7) is 5.93. The van der Waals surface area contributed by atoms with Crippen LogP contribution in [0.1, 0.15) is 30.9 Å². The van der Waals surface area contributed by atoms with E-state index in [1.165, 1.54) is 11.8 Å². The summed E-state index contributed by atoms with van der Waals surface area (Å²) in [5.74, 6) is 0.615. The highest BCUT2D eigenvalue weighted by molar-refractivity contribution is 8.23. The Morgan fingerprint density at radius 2 is 2.23 bits per heavy atom. The molecule has 2 amide bonds. The molecule has 22 heavy (non-hydrogen) atoms. The molecule has 7 heteroatoms. The van der Waals surface area contributed by atoms with E-state index in [1.807, 2.05) is 25.1 Å². The minimum absolute atomic E-state index is 0.166. The normalized spacial score (nSPS) is 14.6. The van der Waals surface area contributed by atoms with Crippen LogP contribution in [0.2, 0.25) is 0 Å². The molecule has 1 heterocycles. The Labute approximate surface area is 139 Å². The second-order valence-electron chi connectivity index (χ2n) is 5.30. The number of hydrogen-bond donors (Lipinski definition) is 1. The number of ether oxygens (including phenoxy) is 1. The lowest BCUT2D eigenvalue weighted by Gasteiger charge is -2.18. The maximum absolute atomic E-state index is 11.9. The van der Waals surface area contributed by atoms with Crippen molar-refractivity contribution < 1.29 is 14.3 Å². The number of thiocarbonyl (C=S) groups is 1. The Hall–Kier alpha value is -1.60. The number of aryl methyl sites for hydroxylation is 1. The average Bonchev–Trinajstić information content (AvgIpc) is 2.76. The zero-order valence-electron chi connectivity index (χ0n) is 12.7. The first-order valence-corrected chi connectivity index (χ1v) is 8.30. The summed E-state index contributed by atoms with van der Waals surface area (Å²) in [6.07, 6.45) is 0. The monoisotopic (exact) mass is 338 g/mol. The first kappa shape index (κ1) is 16.8. The van der Waals surface area contributed by atoms with E-state index in [4.69, 9.17) is 17.0 Å². The van der Waals surface area contributed by atoms with Crippen molar-refractivity contribution in [2.24, 2.45) is 0 Å². The van der Waals surface area contributed by atoms with E-state index in [0.29, 0.717) is 16.0 Å². The van der Waals surface area contributed by atoms with E-state index in [-0.39, 0.29) is 18.3 Å². The minimum atomic E-state index is -0.408. The predicted octanol–water partition coefficient (Wildman–Crippen LogP) is 2.39. The maximum Gasteiger partial charge on any atom is 0.276 e. The molecule has 5 nitrogen and oxygen atoms in total. The minimum Gasteiger partial charge on any atom is -0.483 e. The first-order chi connectivity index (χ1) is 10.4. The van der Waals surface area contributed by atoms with Crippen LogP contribution in [-0.2, 0) is 9.59 Å². The maximum atomic E-state index is 11.9. The number of carbonyl (C=O) groups is 2. The van der Waals surface area contributed by atoms with Crippen molar-refractivity contribution in [3.05, 3.63) is 29.3 Å². The molecule has 0 aromatic heterocycles. The number of thioether (sulfide) groups is 1. The zero-order chi connectivity index (χ0) is 16.3. The van der Waals surface area contributed by atoms with Gasteiger partial charge in [0.2, 0.25) is 0 Å². The molecule has 0 spiro atoms. The van der Waals surface area contributed by atoms with E-state index in [2.05, 4.69) is 19.3 Å². The van der Waals surface area contributed by atoms with Gasteiger partial charge in [-0.25, -0.2) is 5.01 Å². The molecular weight excluding hydrogens is 320 g/mol. The molecule has 1 saturated heterocycles. The van der Waals surface area contributed by atoms with Gasteiger partial charge in [-0.1, -0.05) is 50.0 Å². The van der Waals surface area contributed by atoms with Gasteiger partial charge in [0, 0.05) is 0 Å². The molecule has 0 unspecified atom stereocenters. The highest BCUT2D eigenvalue weighted by Crippen LogP contribution is 2.27. The van der Waals surface area contributed by atoms with Crippen LogP contribution in [-0.4, -0.2) is 33.5 Å². The second kappa shape index (κ2) is 7.11. The van der Waals surface area contributed by atoms with Crippen molar-refractivity contribution in [3.63, 3.8) is 0 Å². The molecule has 0 atom stereocenters. The smallest absolute Gasteiger partial charge is 0.276 e. The van der Waals surface area contributed by atoms with Crippen LogP contribution in [0.25, 0.3) is 0 Å². The van der Waals surface area contributed by atoms with Crippen LogP contribution >= 0.6 is 24.0 Å². The summed E-state index contributed by atoms with van der Waals surface area (Å²) >= 11 is 6.23. The van der Waals surface area contributed by atoms with Gasteiger partial charge in [0.1, 0.15) is 5.75 Å². The first-order valence-electron chi connectivity index (χ1n) is 6.91. The number of rotatable bonds is 5. The Kier molecular flexibility index (Phi) is 5.42. The SMILES string of the molecule is Cc1ccc(C(C)C)c(OCC(=O)NN2C(=O)CSC2=S)c1. The molecular formula is C15H18N2O3S2. The third-order valence-corrected chi connectivity index (χ3v) is 4.49. The van der Waals surface area contributed by atoms with Crippen LogP contribution in [0.4, 0.5) is 0 Å². The number of hydrogen-bond acceptors (Lipinski definition) is 5. The van der Waals surface area contributed by atoms with Crippen LogP contribution < -0.4 is 10.2 Å². The molecule has 1 aliphatic heterocycles. The van der Waals surface area contributed by atoms with Gasteiger partial charge in [-0.2, -0.15) is 0 Å². The van der Waals surface area contributed by atoms with Gasteiger partial charge >= 0.3 is 0 Å². The summed E-state index contributed by atoms with van der Waals surface area (Å²) in [5, 5.41) is 1.10. The number of nitrogens with one attached hydrogen (secondary N) is 1. The Balaban J connectivity index is 1.98. The third-order valence-electron chi connectivity index (χ3n) is 3.14. The molecule has 1 N–H and O–H groups in total. The highest BCUT2D eigenvalue weighted by Gasteiger charge is 2.28. The van der Waals surface area contributed by atoms with Gasteiger partial charge in [0.15, 0.2) is 10.9 Å². The Morgan fingerprint density at radius 1 is 1.50 bits per heavy atom. The fourth-order valence-corrected chi connectivity index (χ4v) is 2.98. The molecule has 1 aromatic rings. The van der Waals surface area contributed by atoms with Crippen molar-refractivity contribution in [2.75, 3.05) is 12.4 Å². The third kappa shape index (κ3) is 3.98. The second-order valence-corrected chi connectivity index (χ2v) is 6.91. The topological polar surface area (TPSA) is 58.6 Å². The molecule has 0 bridgehead atoms. The molecule has 1 fully saturated rings. The highest BCUT2D eigenvalue weighted by atomic mass is 32.2. The van der Waals surface area contributed by atoms with Gasteiger partial charge in [0.05, 0.1) is 5.75 Å². The lowest BCUT2D eigenvalue weighted by atomic mass is 10.0. The predicted molar refractivity (Wildman–Crippen MR) is 90.8 cm³/mol. The van der Waals surface area contributed by atoms with E-state index >= 15 is 0 Å². The largest absolute Gasteiger partial charge is 0.483 e. The van der Waals surface area contributed by atoms with Gasteiger partial charge in [0.25, 0.3) is 11.8 Å². The molecule has 0 radical (unpaired) electrons. The molecule has 2 rings (SSSR count). The van der Waals surface area contributed by atoms with Gasteiger partial charge in [-0.15, -0.1) is 0 Å². The van der Waals surface area contributed by atoms with E-state index in [0.717, 1.165) is 16.1 Å². The molecule has 0 saturated carbocycles. The van der Waals surface area contributed by atoms with Crippen molar-refractivity contribution in [2.45, 2.75) is 26.7 Å². The molecule has 0 aliphatic carbocycles. The summed E-state index contributed by atoms with van der Waals surface area (Å²) in [7, 11) is 0. The van der Waals surface area contributed by atoms with Crippen molar-refractivity contribution in [1.29, 1.82) is 0 Å². The summed E-state index contributed by atoms with van der Waals surface area (Å²) in [4.78, 5) is 23.5. The zero-order valence-corrected chi connectivity index (χ0v) is 14.3. The molecule has 1 aromatic carbocycles. The van der Waals surface area contributed by atoms with E-state index in [1.54, 1.807) is 0 Å². The van der Waals surface area contributed by atoms with Crippen molar-refractivity contribution >= 4 is 40.1 Å². The lowest BCUT2D eigenvalue weighted by molar-refractivity contribution is -0.135. The summed E-state index contributed by atoms with van der Waals surface area (Å²) in [6, 6.07) is 5.92. The number of benzene rings is 1. The number of hydrazine groups is 1. The average molecular weight is 338 g/mol. The summed E-state index contributed by atoms with van der Waals surface area (Å²) < 4.78 is 5.98. The van der Waals surface area contributed by atoms with Crippen LogP contribution in [0, 0.1) is 6.92 Å². The van der Waals surface area contributed by atoms with Crippen LogP contribution in [0.5, 0.6) is 5.75 Å². The number of amides is 2. The number of nitrogens with zero attached hydrogens (tertiary/aromatic N) is 1. The van der Waals surface area contributed by atoms with Gasteiger partial charge in [-0.3, -0.25) is 15.0 Å². The Morgan fingerprint density at radius 3 is 2.82 bits per heavy atom. The van der Waals surface area contributed by atoms with Crippen LogP contribution in [0.15, 0.2) is 18.2 Å². The Bertz CT molecular complexity index is 601. The van der Waals surface area contributed by atoms with E-state index in [9.17, 15) is 9.59 Å². The van der Waals surface area contributed by atoms with E-state index < -0.39 is 5.91 Å². The van der Waals surface area contributed by atoms with Crippen LogP contribution in [0.3, 0.4) is 0 Å². The van der Waals surface area contributed by atoms with Gasteiger partial charge < -0.3 is 4.74 Å². The quantitative estimate of drug-likeness (QED) is 0.836. The lowest BCUT2D eigenvalue weighted by Crippen LogP contribution is -2.46. The fourth-order valence-electron chi connectivity index (χ4n) is 2.01. The number of carbonyl (C=O) groups excluding carboxylic acids is 2. The fraction of sp³-hybridized carbons (Fsp3) is 0.400. The standard InChI is InChI=1S/C15H18N2O3S2/c1-9(2)11-5-4-10(3)6-12(11)20-7-13(18)16-17-14(19)8-22-15(17)21/h4-6,9H,7-8H2,1-3H3,(H,16,18). The molecule has 118 valence electrons. The van der Waals surface area contributed by atoms with Crippen molar-refractivity contribution in [3.8, 4) is 5.75 Å². The van der Waals surface area contributed by atoms with Gasteiger partial charge in [-0.05, 0) is 30.0 Å². The van der Waals surface area contributed by atoms with Crippen molar-refractivity contribution in [1.82, 2.24) is 10.4 Å².